The number of anilines is 1. The lowest BCUT2D eigenvalue weighted by atomic mass is 10.1. The Morgan fingerprint density at radius 3 is 2.62 bits per heavy atom. The summed E-state index contributed by atoms with van der Waals surface area (Å²) in [4.78, 5) is 49.2. The summed E-state index contributed by atoms with van der Waals surface area (Å²) in [6.45, 7) is 2.79. The van der Waals surface area contributed by atoms with Gasteiger partial charge in [0.05, 0.1) is 12.2 Å². The zero-order chi connectivity index (χ0) is 21.4. The number of hydrogen-bond donors (Lipinski definition) is 2. The minimum Gasteiger partial charge on any atom is -0.462 e. The lowest BCUT2D eigenvalue weighted by molar-refractivity contribution is -0.150. The van der Waals surface area contributed by atoms with Crippen LogP contribution in [0.3, 0.4) is 0 Å². The molecule has 0 spiro atoms. The number of aryl methyl sites for hydroxylation is 1. The molecule has 10 heteroatoms. The first kappa shape index (κ1) is 23.2. The second kappa shape index (κ2) is 11.2. The fraction of sp³-hybridized carbons (Fsp3) is 0.579. The van der Waals surface area contributed by atoms with Gasteiger partial charge in [-0.2, -0.15) is 11.8 Å². The first-order chi connectivity index (χ1) is 13.9. The smallest absolute Gasteiger partial charge is 0.341 e. The quantitative estimate of drug-likeness (QED) is 0.534. The predicted molar refractivity (Wildman–Crippen MR) is 112 cm³/mol. The summed E-state index contributed by atoms with van der Waals surface area (Å²) in [5.74, 6) is -1.35. The Hall–Kier alpha value is -2.07. The van der Waals surface area contributed by atoms with E-state index in [9.17, 15) is 19.2 Å². The minimum atomic E-state index is -0.798. The molecule has 0 saturated carbocycles. The molecule has 0 saturated heterocycles. The number of fused-ring (bicyclic) bond motifs is 1. The van der Waals surface area contributed by atoms with Crippen LogP contribution in [0.15, 0.2) is 0 Å². The number of thioether (sulfide) groups is 1. The van der Waals surface area contributed by atoms with Gasteiger partial charge in [0.1, 0.15) is 11.0 Å². The van der Waals surface area contributed by atoms with Crippen LogP contribution in [-0.2, 0) is 36.7 Å². The van der Waals surface area contributed by atoms with Crippen LogP contribution in [0.1, 0.15) is 47.5 Å². The third-order valence-corrected chi connectivity index (χ3v) is 6.12. The average Bonchev–Trinajstić information content (AvgIpc) is 3.23. The fourth-order valence-electron chi connectivity index (χ4n) is 3.04. The van der Waals surface area contributed by atoms with Gasteiger partial charge in [-0.1, -0.05) is 0 Å². The molecule has 1 aliphatic rings. The minimum absolute atomic E-state index is 0.245. The van der Waals surface area contributed by atoms with E-state index in [4.69, 9.17) is 9.47 Å². The molecule has 1 unspecified atom stereocenters. The average molecular weight is 443 g/mol. The molecular formula is C19H26N2O6S2. The lowest BCUT2D eigenvalue weighted by Gasteiger charge is -2.16. The summed E-state index contributed by atoms with van der Waals surface area (Å²) >= 11 is 2.90. The van der Waals surface area contributed by atoms with E-state index in [-0.39, 0.29) is 12.5 Å². The van der Waals surface area contributed by atoms with Gasteiger partial charge in [-0.15, -0.1) is 11.3 Å². The van der Waals surface area contributed by atoms with Gasteiger partial charge in [-0.3, -0.25) is 9.59 Å². The van der Waals surface area contributed by atoms with Crippen LogP contribution in [0, 0.1) is 0 Å². The van der Waals surface area contributed by atoms with Crippen molar-refractivity contribution in [2.24, 2.45) is 0 Å². The van der Waals surface area contributed by atoms with Crippen molar-refractivity contribution in [2.45, 2.75) is 45.6 Å². The second-order valence-electron chi connectivity index (χ2n) is 6.47. The van der Waals surface area contributed by atoms with Crippen LogP contribution >= 0.6 is 23.1 Å². The highest BCUT2D eigenvalue weighted by Gasteiger charge is 2.29. The van der Waals surface area contributed by atoms with E-state index in [1.807, 2.05) is 6.26 Å². The van der Waals surface area contributed by atoms with Crippen LogP contribution in [-0.4, -0.2) is 55.0 Å². The van der Waals surface area contributed by atoms with Crippen LogP contribution in [0.5, 0.6) is 0 Å². The van der Waals surface area contributed by atoms with E-state index in [1.165, 1.54) is 30.0 Å². The zero-order valence-corrected chi connectivity index (χ0v) is 18.4. The number of thiophene rings is 1. The van der Waals surface area contributed by atoms with Gasteiger partial charge in [0.25, 0.3) is 5.91 Å². The third kappa shape index (κ3) is 6.46. The van der Waals surface area contributed by atoms with Gasteiger partial charge < -0.3 is 20.1 Å². The SMILES string of the molecule is CCOC(=O)c1c(NC(=O)COC(=O)C(CCSC)NC(C)=O)sc2c1CCC2. The number of carbonyl (C=O) groups is 4. The lowest BCUT2D eigenvalue weighted by Crippen LogP contribution is -2.42. The first-order valence-electron chi connectivity index (χ1n) is 9.41. The van der Waals surface area contributed by atoms with Crippen LogP contribution < -0.4 is 10.6 Å². The van der Waals surface area contributed by atoms with Crippen LogP contribution in [0.25, 0.3) is 0 Å². The summed E-state index contributed by atoms with van der Waals surface area (Å²) in [5, 5.41) is 5.63. The van der Waals surface area contributed by atoms with E-state index in [0.29, 0.717) is 22.7 Å². The first-order valence-corrected chi connectivity index (χ1v) is 11.6. The summed E-state index contributed by atoms with van der Waals surface area (Å²) in [7, 11) is 0. The largest absolute Gasteiger partial charge is 0.462 e. The molecule has 1 aliphatic carbocycles. The Bertz CT molecular complexity index is 777. The number of ether oxygens (including phenoxy) is 2. The number of rotatable bonds is 10. The molecule has 8 nitrogen and oxygen atoms in total. The Balaban J connectivity index is 1.99. The molecule has 0 fully saturated rings. The maximum absolute atomic E-state index is 12.3. The summed E-state index contributed by atoms with van der Waals surface area (Å²) in [5.41, 5.74) is 1.34. The van der Waals surface area contributed by atoms with Crippen molar-refractivity contribution in [3.63, 3.8) is 0 Å². The van der Waals surface area contributed by atoms with E-state index < -0.39 is 30.5 Å². The molecule has 1 heterocycles. The molecule has 0 aliphatic heterocycles. The van der Waals surface area contributed by atoms with Gasteiger partial charge in [0, 0.05) is 11.8 Å². The Morgan fingerprint density at radius 2 is 1.97 bits per heavy atom. The van der Waals surface area contributed by atoms with E-state index in [2.05, 4.69) is 10.6 Å². The molecule has 2 N–H and O–H groups in total. The van der Waals surface area contributed by atoms with Gasteiger partial charge in [-0.25, -0.2) is 9.59 Å². The van der Waals surface area contributed by atoms with Crippen molar-refractivity contribution in [3.05, 3.63) is 16.0 Å². The molecular weight excluding hydrogens is 416 g/mol. The highest BCUT2D eigenvalue weighted by Crippen LogP contribution is 2.39. The topological polar surface area (TPSA) is 111 Å². The molecule has 1 atom stereocenters. The van der Waals surface area contributed by atoms with Crippen molar-refractivity contribution in [3.8, 4) is 0 Å². The van der Waals surface area contributed by atoms with Crippen molar-refractivity contribution >= 4 is 51.9 Å². The Labute approximate surface area is 178 Å². The van der Waals surface area contributed by atoms with Crippen LogP contribution in [0.4, 0.5) is 5.00 Å². The van der Waals surface area contributed by atoms with Gasteiger partial charge >= 0.3 is 11.9 Å². The second-order valence-corrected chi connectivity index (χ2v) is 8.56. The van der Waals surface area contributed by atoms with Crippen molar-refractivity contribution < 1.29 is 28.7 Å². The molecule has 1 aromatic heterocycles. The summed E-state index contributed by atoms with van der Waals surface area (Å²) in [6, 6.07) is -0.798. The highest BCUT2D eigenvalue weighted by molar-refractivity contribution is 7.98. The molecule has 0 bridgehead atoms. The number of carbonyl (C=O) groups excluding carboxylic acids is 4. The van der Waals surface area contributed by atoms with Crippen molar-refractivity contribution in [1.82, 2.24) is 5.32 Å². The number of nitrogens with one attached hydrogen (secondary N) is 2. The number of amides is 2. The summed E-state index contributed by atoms with van der Waals surface area (Å²) < 4.78 is 10.2. The number of hydrogen-bond acceptors (Lipinski definition) is 8. The third-order valence-electron chi connectivity index (χ3n) is 4.27. The Kier molecular flexibility index (Phi) is 8.97. The molecule has 0 radical (unpaired) electrons. The maximum atomic E-state index is 12.3. The van der Waals surface area contributed by atoms with Gasteiger partial charge in [0.15, 0.2) is 6.61 Å². The molecule has 2 rings (SSSR count). The van der Waals surface area contributed by atoms with Crippen molar-refractivity contribution in [2.75, 3.05) is 30.5 Å². The van der Waals surface area contributed by atoms with Gasteiger partial charge in [0.2, 0.25) is 5.91 Å². The molecule has 160 valence electrons. The van der Waals surface area contributed by atoms with Gasteiger partial charge in [-0.05, 0) is 50.2 Å². The zero-order valence-electron chi connectivity index (χ0n) is 16.8. The molecule has 29 heavy (non-hydrogen) atoms. The monoisotopic (exact) mass is 442 g/mol. The number of esters is 2. The predicted octanol–water partition coefficient (Wildman–Crippen LogP) is 2.15. The molecule has 0 aromatic carbocycles. The molecule has 2 amide bonds. The standard InChI is InChI=1S/C19H26N2O6S2/c1-4-26-19(25)16-12-6-5-7-14(12)29-17(16)21-15(23)10-27-18(24)13(8-9-28-3)20-11(2)22/h13H,4-10H2,1-3H3,(H,20,22)(H,21,23). The van der Waals surface area contributed by atoms with Crippen LogP contribution in [0.2, 0.25) is 0 Å². The van der Waals surface area contributed by atoms with E-state index >= 15 is 0 Å². The van der Waals surface area contributed by atoms with E-state index in [0.717, 1.165) is 29.7 Å². The molecule has 1 aromatic rings. The normalized spacial score (nSPS) is 13.3. The Morgan fingerprint density at radius 1 is 1.21 bits per heavy atom. The van der Waals surface area contributed by atoms with Crippen molar-refractivity contribution in [1.29, 1.82) is 0 Å². The summed E-state index contributed by atoms with van der Waals surface area (Å²) in [6.07, 6.45) is 4.92. The fourth-order valence-corrected chi connectivity index (χ4v) is 4.81. The highest BCUT2D eigenvalue weighted by atomic mass is 32.2. The van der Waals surface area contributed by atoms with E-state index in [1.54, 1.807) is 6.92 Å². The maximum Gasteiger partial charge on any atom is 0.341 e.